The van der Waals surface area contributed by atoms with Crippen LogP contribution in [0.5, 0.6) is 6.01 Å². The predicted molar refractivity (Wildman–Crippen MR) is 148 cm³/mol. The van der Waals surface area contributed by atoms with Crippen LogP contribution in [0.25, 0.3) is 22.2 Å². The van der Waals surface area contributed by atoms with Crippen molar-refractivity contribution in [2.75, 3.05) is 43.4 Å². The van der Waals surface area contributed by atoms with Crippen LogP contribution in [0.15, 0.2) is 12.3 Å². The molecule has 39 heavy (non-hydrogen) atoms. The number of rotatable bonds is 5. The highest BCUT2D eigenvalue weighted by atomic mass is 35.5. The molecule has 0 amide bonds. The van der Waals surface area contributed by atoms with Gasteiger partial charge >= 0.3 is 6.01 Å². The van der Waals surface area contributed by atoms with Gasteiger partial charge in [0, 0.05) is 31.4 Å². The van der Waals surface area contributed by atoms with Crippen LogP contribution in [0.1, 0.15) is 38.5 Å². The fourth-order valence-electron chi connectivity index (χ4n) is 6.97. The van der Waals surface area contributed by atoms with Gasteiger partial charge in [-0.1, -0.05) is 23.2 Å². The highest BCUT2D eigenvalue weighted by Gasteiger charge is 2.45. The van der Waals surface area contributed by atoms with Gasteiger partial charge in [-0.25, -0.2) is 8.78 Å². The lowest BCUT2D eigenvalue weighted by Gasteiger charge is -2.34. The van der Waals surface area contributed by atoms with Crippen LogP contribution in [0.4, 0.5) is 20.3 Å². The zero-order valence-electron chi connectivity index (χ0n) is 21.3. The first-order valence-corrected chi connectivity index (χ1v) is 14.3. The van der Waals surface area contributed by atoms with E-state index in [2.05, 4.69) is 25.1 Å². The fourth-order valence-corrected chi connectivity index (χ4v) is 7.44. The van der Waals surface area contributed by atoms with Crippen molar-refractivity contribution in [1.82, 2.24) is 25.2 Å². The van der Waals surface area contributed by atoms with Gasteiger partial charge in [-0.3, -0.25) is 9.88 Å². The Labute approximate surface area is 234 Å². The monoisotopic (exact) mass is 575 g/mol. The van der Waals surface area contributed by atoms with E-state index in [1.54, 1.807) is 0 Å². The molecule has 4 fully saturated rings. The third-order valence-electron chi connectivity index (χ3n) is 8.89. The standard InChI is InChI=1S/C27H29Cl2F2N7O/c28-17-9-18(29)22(32)19(20(17)30)24-21(31)23-16(10-33-24)25(37-11-14-3-4-15(12-37)34-14)36-26(35-23)39-13-27-5-1-7-38(27)8-2-6-27/h9-10,14-15,34H,1-8,11-13,32H2. The largest absolute Gasteiger partial charge is 0.461 e. The molecule has 4 aliphatic rings. The third-order valence-corrected chi connectivity index (χ3v) is 9.47. The minimum atomic E-state index is -0.893. The first kappa shape index (κ1) is 25.4. The number of benzene rings is 1. The van der Waals surface area contributed by atoms with Crippen molar-refractivity contribution in [1.29, 1.82) is 0 Å². The van der Waals surface area contributed by atoms with E-state index >= 15 is 8.78 Å². The van der Waals surface area contributed by atoms with Gasteiger partial charge in [-0.15, -0.1) is 0 Å². The van der Waals surface area contributed by atoms with Crippen LogP contribution >= 0.6 is 23.2 Å². The van der Waals surface area contributed by atoms with Crippen molar-refractivity contribution in [3.63, 3.8) is 0 Å². The van der Waals surface area contributed by atoms with Gasteiger partial charge < -0.3 is 20.7 Å². The number of nitrogens with zero attached hydrogens (tertiary/aromatic N) is 5. The Morgan fingerprint density at radius 2 is 1.77 bits per heavy atom. The van der Waals surface area contributed by atoms with Crippen molar-refractivity contribution in [3.8, 4) is 17.3 Å². The summed E-state index contributed by atoms with van der Waals surface area (Å²) < 4.78 is 37.6. The topological polar surface area (TPSA) is 92.4 Å². The Morgan fingerprint density at radius 1 is 1.05 bits per heavy atom. The summed E-state index contributed by atoms with van der Waals surface area (Å²) in [4.78, 5) is 18.2. The number of aromatic nitrogens is 3. The van der Waals surface area contributed by atoms with E-state index in [9.17, 15) is 0 Å². The van der Waals surface area contributed by atoms with E-state index < -0.39 is 11.6 Å². The quantitative estimate of drug-likeness (QED) is 0.331. The molecule has 1 aromatic carbocycles. The smallest absolute Gasteiger partial charge is 0.319 e. The first-order valence-electron chi connectivity index (χ1n) is 13.5. The Bertz CT molecular complexity index is 1430. The number of nitrogens with one attached hydrogen (secondary N) is 1. The molecule has 4 aliphatic heterocycles. The molecular formula is C27H29Cl2F2N7O. The summed E-state index contributed by atoms with van der Waals surface area (Å²) in [5.74, 6) is -1.16. The van der Waals surface area contributed by atoms with E-state index in [-0.39, 0.29) is 44.1 Å². The molecule has 7 rings (SSSR count). The molecule has 2 bridgehead atoms. The second-order valence-electron chi connectivity index (χ2n) is 11.2. The molecule has 3 N–H and O–H groups in total. The maximum absolute atomic E-state index is 16.3. The van der Waals surface area contributed by atoms with Crippen molar-refractivity contribution >= 4 is 45.6 Å². The normalized spacial score (nSPS) is 24.1. The number of hydrogen-bond donors (Lipinski definition) is 2. The van der Waals surface area contributed by atoms with Crippen LogP contribution in [-0.2, 0) is 0 Å². The molecule has 0 radical (unpaired) electrons. The maximum Gasteiger partial charge on any atom is 0.319 e. The molecule has 0 saturated carbocycles. The SMILES string of the molecule is Nc1c(Cl)cc(Cl)c(F)c1-c1ncc2c(N3CC4CCC(C3)N4)nc(OCC34CCCN3CCC4)nc2c1F. The second-order valence-corrected chi connectivity index (χ2v) is 12.0. The molecule has 3 aromatic rings. The van der Waals surface area contributed by atoms with Crippen molar-refractivity contribution < 1.29 is 13.5 Å². The van der Waals surface area contributed by atoms with Crippen LogP contribution in [0.2, 0.25) is 10.0 Å². The minimum Gasteiger partial charge on any atom is -0.461 e. The van der Waals surface area contributed by atoms with Crippen LogP contribution in [0.3, 0.4) is 0 Å². The zero-order chi connectivity index (χ0) is 26.9. The summed E-state index contributed by atoms with van der Waals surface area (Å²) in [6.07, 6.45) is 8.02. The van der Waals surface area contributed by atoms with Gasteiger partial charge in [-0.05, 0) is 57.7 Å². The Kier molecular flexibility index (Phi) is 6.22. The van der Waals surface area contributed by atoms with E-state index in [4.69, 9.17) is 38.7 Å². The predicted octanol–water partition coefficient (Wildman–Crippen LogP) is 4.81. The number of nitrogens with two attached hydrogens (primary N) is 1. The number of halogens is 4. The number of fused-ring (bicyclic) bond motifs is 4. The fraction of sp³-hybridized carbons (Fsp3) is 0.519. The van der Waals surface area contributed by atoms with Crippen molar-refractivity contribution in [2.45, 2.75) is 56.1 Å². The van der Waals surface area contributed by atoms with Gasteiger partial charge in [0.1, 0.15) is 23.6 Å². The molecule has 12 heteroatoms. The lowest BCUT2D eigenvalue weighted by Crippen LogP contribution is -2.51. The highest BCUT2D eigenvalue weighted by molar-refractivity contribution is 6.37. The molecule has 2 unspecified atom stereocenters. The number of nitrogen functional groups attached to an aromatic ring is 1. The van der Waals surface area contributed by atoms with E-state index in [1.807, 2.05) is 0 Å². The average Bonchev–Trinajstić information content (AvgIpc) is 3.61. The van der Waals surface area contributed by atoms with E-state index in [1.165, 1.54) is 12.3 Å². The Hall–Kier alpha value is -2.53. The molecule has 4 saturated heterocycles. The van der Waals surface area contributed by atoms with Crippen molar-refractivity contribution in [3.05, 3.63) is 33.9 Å². The van der Waals surface area contributed by atoms with E-state index in [0.29, 0.717) is 29.9 Å². The van der Waals surface area contributed by atoms with Crippen molar-refractivity contribution in [2.24, 2.45) is 0 Å². The summed E-state index contributed by atoms with van der Waals surface area (Å²) in [6.45, 7) is 4.03. The summed E-state index contributed by atoms with van der Waals surface area (Å²) in [6, 6.07) is 1.96. The molecule has 0 spiro atoms. The molecule has 8 nitrogen and oxygen atoms in total. The van der Waals surface area contributed by atoms with Crippen LogP contribution in [0, 0.1) is 11.6 Å². The number of anilines is 2. The first-order chi connectivity index (χ1) is 18.8. The third kappa shape index (κ3) is 4.18. The number of ether oxygens (including phenoxy) is 1. The number of hydrogen-bond acceptors (Lipinski definition) is 8. The zero-order valence-corrected chi connectivity index (χ0v) is 22.8. The van der Waals surface area contributed by atoms with E-state index in [0.717, 1.165) is 64.7 Å². The summed E-state index contributed by atoms with van der Waals surface area (Å²) >= 11 is 12.2. The molecule has 206 valence electrons. The van der Waals surface area contributed by atoms with Crippen LogP contribution < -0.4 is 20.7 Å². The number of pyridine rings is 1. The number of piperazine rings is 1. The lowest BCUT2D eigenvalue weighted by atomic mass is 9.95. The van der Waals surface area contributed by atoms with Gasteiger partial charge in [0.2, 0.25) is 0 Å². The maximum atomic E-state index is 16.3. The van der Waals surface area contributed by atoms with Gasteiger partial charge in [-0.2, -0.15) is 9.97 Å². The van der Waals surface area contributed by atoms with Crippen LogP contribution in [-0.4, -0.2) is 70.3 Å². The van der Waals surface area contributed by atoms with Gasteiger partial charge in [0.25, 0.3) is 0 Å². The summed E-state index contributed by atoms with van der Waals surface area (Å²) in [5, 5.41) is 3.78. The highest BCUT2D eigenvalue weighted by Crippen LogP contribution is 2.42. The Morgan fingerprint density at radius 3 is 2.49 bits per heavy atom. The molecule has 6 heterocycles. The molecule has 2 aromatic heterocycles. The molecular weight excluding hydrogens is 547 g/mol. The Balaban J connectivity index is 1.34. The minimum absolute atomic E-state index is 0.00650. The second kappa shape index (κ2) is 9.54. The molecule has 0 aliphatic carbocycles. The van der Waals surface area contributed by atoms with Gasteiger partial charge in [0.05, 0.1) is 32.2 Å². The molecule has 2 atom stereocenters. The average molecular weight is 576 g/mol. The summed E-state index contributed by atoms with van der Waals surface area (Å²) in [7, 11) is 0. The van der Waals surface area contributed by atoms with Gasteiger partial charge in [0.15, 0.2) is 11.6 Å². The summed E-state index contributed by atoms with van der Waals surface area (Å²) in [5.41, 5.74) is 5.29. The lowest BCUT2D eigenvalue weighted by molar-refractivity contribution is 0.108.